The van der Waals surface area contributed by atoms with Crippen molar-refractivity contribution < 1.29 is 13.6 Å². The number of nitrogens with zero attached hydrogens (tertiary/aromatic N) is 3. The van der Waals surface area contributed by atoms with Crippen LogP contribution in [0.4, 0.5) is 14.6 Å². The Morgan fingerprint density at radius 2 is 1.96 bits per heavy atom. The first-order chi connectivity index (χ1) is 11.5. The number of hydrogen-bond acceptors (Lipinski definition) is 4. The smallest absolute Gasteiger partial charge is 0.256 e. The predicted octanol–water partition coefficient (Wildman–Crippen LogP) is 2.78. The van der Waals surface area contributed by atoms with E-state index >= 15 is 0 Å². The molecule has 1 amide bonds. The van der Waals surface area contributed by atoms with Gasteiger partial charge in [-0.1, -0.05) is 0 Å². The van der Waals surface area contributed by atoms with Crippen molar-refractivity contribution in [1.29, 1.82) is 0 Å². The molecule has 3 rings (SSSR count). The first-order valence-electron chi connectivity index (χ1n) is 7.82. The molecule has 1 N–H and O–H groups in total. The molecule has 1 saturated heterocycles. The summed E-state index contributed by atoms with van der Waals surface area (Å²) in [5, 5.41) is 3.33. The zero-order valence-corrected chi connectivity index (χ0v) is 13.3. The third kappa shape index (κ3) is 3.67. The summed E-state index contributed by atoms with van der Waals surface area (Å²) in [7, 11) is 0. The largest absolute Gasteiger partial charge is 0.367 e. The van der Waals surface area contributed by atoms with Crippen LogP contribution in [0, 0.1) is 18.6 Å². The lowest BCUT2D eigenvalue weighted by molar-refractivity contribution is 0.0713. The van der Waals surface area contributed by atoms with E-state index in [1.807, 2.05) is 13.0 Å². The molecule has 0 spiro atoms. The standard InChI is InChI=1S/C17H18F2N4O/c1-11-8-16(21-10-20-11)22-13-4-6-23(7-5-13)17(24)14-3-2-12(18)9-15(14)19/h2-3,8-10,13H,4-7H2,1H3,(H,20,21,22). The molecule has 0 bridgehead atoms. The first-order valence-corrected chi connectivity index (χ1v) is 7.82. The van der Waals surface area contributed by atoms with E-state index < -0.39 is 17.5 Å². The van der Waals surface area contributed by atoms with E-state index in [2.05, 4.69) is 15.3 Å². The second-order valence-electron chi connectivity index (χ2n) is 5.88. The van der Waals surface area contributed by atoms with Gasteiger partial charge in [0.2, 0.25) is 0 Å². The van der Waals surface area contributed by atoms with Crippen LogP contribution >= 0.6 is 0 Å². The van der Waals surface area contributed by atoms with Gasteiger partial charge in [-0.3, -0.25) is 4.79 Å². The quantitative estimate of drug-likeness (QED) is 0.939. The predicted molar refractivity (Wildman–Crippen MR) is 85.7 cm³/mol. The molecule has 0 saturated carbocycles. The number of anilines is 1. The van der Waals surface area contributed by atoms with E-state index in [1.165, 1.54) is 12.4 Å². The Morgan fingerprint density at radius 1 is 1.21 bits per heavy atom. The summed E-state index contributed by atoms with van der Waals surface area (Å²) in [6.07, 6.45) is 2.98. The number of likely N-dealkylation sites (tertiary alicyclic amines) is 1. The Morgan fingerprint density at radius 3 is 2.62 bits per heavy atom. The van der Waals surface area contributed by atoms with Crippen molar-refractivity contribution in [2.24, 2.45) is 0 Å². The molecule has 0 aliphatic carbocycles. The number of nitrogens with one attached hydrogen (secondary N) is 1. The second kappa shape index (κ2) is 6.90. The van der Waals surface area contributed by atoms with Crippen LogP contribution in [0.25, 0.3) is 0 Å². The van der Waals surface area contributed by atoms with Crippen LogP contribution in [0.5, 0.6) is 0 Å². The minimum Gasteiger partial charge on any atom is -0.367 e. The summed E-state index contributed by atoms with van der Waals surface area (Å²) in [5.74, 6) is -1.15. The summed E-state index contributed by atoms with van der Waals surface area (Å²) in [6.45, 7) is 2.92. The van der Waals surface area contributed by atoms with Crippen LogP contribution < -0.4 is 5.32 Å². The molecule has 0 atom stereocenters. The maximum atomic E-state index is 13.7. The Bertz CT molecular complexity index is 745. The number of benzene rings is 1. The maximum Gasteiger partial charge on any atom is 0.256 e. The Labute approximate surface area is 138 Å². The summed E-state index contributed by atoms with van der Waals surface area (Å²) >= 11 is 0. The Kier molecular flexibility index (Phi) is 4.69. The molecule has 2 aromatic rings. The highest BCUT2D eigenvalue weighted by atomic mass is 19.1. The number of halogens is 2. The minimum absolute atomic E-state index is 0.0887. The van der Waals surface area contributed by atoms with E-state index in [4.69, 9.17) is 0 Å². The third-order valence-corrected chi connectivity index (χ3v) is 4.10. The highest BCUT2D eigenvalue weighted by Gasteiger charge is 2.25. The lowest BCUT2D eigenvalue weighted by Gasteiger charge is -2.32. The van der Waals surface area contributed by atoms with Crippen LogP contribution in [0.2, 0.25) is 0 Å². The number of hydrogen-bond donors (Lipinski definition) is 1. The van der Waals surface area contributed by atoms with Crippen molar-refractivity contribution >= 4 is 11.7 Å². The van der Waals surface area contributed by atoms with Gasteiger partial charge in [0.1, 0.15) is 23.8 Å². The topological polar surface area (TPSA) is 58.1 Å². The molecule has 24 heavy (non-hydrogen) atoms. The van der Waals surface area contributed by atoms with Crippen LogP contribution in [0.3, 0.4) is 0 Å². The number of aromatic nitrogens is 2. The molecule has 126 valence electrons. The molecular formula is C17H18F2N4O. The molecule has 1 aromatic carbocycles. The van der Waals surface area contributed by atoms with Gasteiger partial charge in [0.25, 0.3) is 5.91 Å². The van der Waals surface area contributed by atoms with Crippen molar-refractivity contribution in [1.82, 2.24) is 14.9 Å². The third-order valence-electron chi connectivity index (χ3n) is 4.10. The number of piperidine rings is 1. The monoisotopic (exact) mass is 332 g/mol. The van der Waals surface area contributed by atoms with E-state index in [1.54, 1.807) is 4.90 Å². The summed E-state index contributed by atoms with van der Waals surface area (Å²) in [4.78, 5) is 22.2. The van der Waals surface area contributed by atoms with Crippen molar-refractivity contribution in [3.8, 4) is 0 Å². The average Bonchev–Trinajstić information content (AvgIpc) is 2.55. The second-order valence-corrected chi connectivity index (χ2v) is 5.88. The minimum atomic E-state index is -0.822. The fraction of sp³-hybridized carbons (Fsp3) is 0.353. The normalized spacial score (nSPS) is 15.4. The lowest BCUT2D eigenvalue weighted by atomic mass is 10.0. The van der Waals surface area contributed by atoms with Gasteiger partial charge in [-0.25, -0.2) is 18.7 Å². The van der Waals surface area contributed by atoms with Crippen LogP contribution in [-0.4, -0.2) is 39.9 Å². The van der Waals surface area contributed by atoms with Gasteiger partial charge in [0.15, 0.2) is 0 Å². The molecule has 1 aliphatic heterocycles. The number of aryl methyl sites for hydroxylation is 1. The molecule has 2 heterocycles. The summed E-state index contributed by atoms with van der Waals surface area (Å²) < 4.78 is 26.7. The van der Waals surface area contributed by atoms with Gasteiger partial charge in [-0.05, 0) is 31.9 Å². The van der Waals surface area contributed by atoms with Crippen molar-refractivity contribution in [2.75, 3.05) is 18.4 Å². The number of amides is 1. The first kappa shape index (κ1) is 16.3. The van der Waals surface area contributed by atoms with Gasteiger partial charge >= 0.3 is 0 Å². The molecule has 1 fully saturated rings. The summed E-state index contributed by atoms with van der Waals surface area (Å²) in [6, 6.07) is 5.09. The fourth-order valence-corrected chi connectivity index (χ4v) is 2.80. The number of rotatable bonds is 3. The van der Waals surface area contributed by atoms with Crippen LogP contribution in [0.1, 0.15) is 28.9 Å². The molecule has 0 unspecified atom stereocenters. The zero-order chi connectivity index (χ0) is 17.1. The Balaban J connectivity index is 1.59. The molecular weight excluding hydrogens is 314 g/mol. The number of carbonyl (C=O) groups is 1. The van der Waals surface area contributed by atoms with Gasteiger partial charge in [0.05, 0.1) is 5.56 Å². The zero-order valence-electron chi connectivity index (χ0n) is 13.3. The van der Waals surface area contributed by atoms with Gasteiger partial charge in [-0.2, -0.15) is 0 Å². The molecule has 0 radical (unpaired) electrons. The fourth-order valence-electron chi connectivity index (χ4n) is 2.80. The molecule has 1 aliphatic rings. The molecule has 7 heteroatoms. The van der Waals surface area contributed by atoms with Crippen molar-refractivity contribution in [3.63, 3.8) is 0 Å². The van der Waals surface area contributed by atoms with E-state index in [9.17, 15) is 13.6 Å². The van der Waals surface area contributed by atoms with Crippen LogP contribution in [-0.2, 0) is 0 Å². The van der Waals surface area contributed by atoms with Gasteiger partial charge in [0, 0.05) is 37.0 Å². The van der Waals surface area contributed by atoms with Crippen molar-refractivity contribution in [3.05, 3.63) is 53.5 Å². The highest BCUT2D eigenvalue weighted by Crippen LogP contribution is 2.19. The molecule has 5 nitrogen and oxygen atoms in total. The molecule has 1 aromatic heterocycles. The highest BCUT2D eigenvalue weighted by molar-refractivity contribution is 5.94. The van der Waals surface area contributed by atoms with Gasteiger partial charge in [-0.15, -0.1) is 0 Å². The number of carbonyl (C=O) groups excluding carboxylic acids is 1. The average molecular weight is 332 g/mol. The SMILES string of the molecule is Cc1cc(NC2CCN(C(=O)c3ccc(F)cc3F)CC2)ncn1. The maximum absolute atomic E-state index is 13.7. The lowest BCUT2D eigenvalue weighted by Crippen LogP contribution is -2.42. The Hall–Kier alpha value is -2.57. The van der Waals surface area contributed by atoms with Crippen LogP contribution in [0.15, 0.2) is 30.6 Å². The summed E-state index contributed by atoms with van der Waals surface area (Å²) in [5.41, 5.74) is 0.793. The van der Waals surface area contributed by atoms with E-state index in [0.717, 1.165) is 36.5 Å². The van der Waals surface area contributed by atoms with Crippen molar-refractivity contribution in [2.45, 2.75) is 25.8 Å². The van der Waals surface area contributed by atoms with E-state index in [-0.39, 0.29) is 11.6 Å². The van der Waals surface area contributed by atoms with Gasteiger partial charge < -0.3 is 10.2 Å². The van der Waals surface area contributed by atoms with E-state index in [0.29, 0.717) is 13.1 Å².